The van der Waals surface area contributed by atoms with Gasteiger partial charge in [0, 0.05) is 36.3 Å². The Morgan fingerprint density at radius 2 is 1.94 bits per heavy atom. The van der Waals surface area contributed by atoms with E-state index in [9.17, 15) is 24.1 Å². The summed E-state index contributed by atoms with van der Waals surface area (Å²) in [5, 5.41) is 13.9. The minimum Gasteiger partial charge on any atom is -0.496 e. The van der Waals surface area contributed by atoms with Gasteiger partial charge in [-0.15, -0.1) is 0 Å². The van der Waals surface area contributed by atoms with Gasteiger partial charge in [-0.3, -0.25) is 19.7 Å². The first kappa shape index (κ1) is 22.2. The molecule has 3 rings (SSSR count). The standard InChI is InChI=1S/C22H24FN3O5/c1-14-18(23)11-16(12-19(14)26(29)30)22(28)24-17-7-9-25(10-8-17)21(27)13-15-5-3-4-6-20(15)31-2/h3-6,11-12,17H,7-10,13H2,1-2H3,(H,24,28). The highest BCUT2D eigenvalue weighted by molar-refractivity contribution is 5.95. The minimum absolute atomic E-state index is 0.0227. The topological polar surface area (TPSA) is 102 Å². The summed E-state index contributed by atoms with van der Waals surface area (Å²) in [5.74, 6) is -0.722. The van der Waals surface area contributed by atoms with E-state index in [1.54, 1.807) is 12.0 Å². The summed E-state index contributed by atoms with van der Waals surface area (Å²) < 4.78 is 19.3. The molecule has 0 aromatic heterocycles. The van der Waals surface area contributed by atoms with Crippen LogP contribution in [0.25, 0.3) is 0 Å². The summed E-state index contributed by atoms with van der Waals surface area (Å²) in [7, 11) is 1.56. The van der Waals surface area contributed by atoms with Gasteiger partial charge in [-0.05, 0) is 31.9 Å². The second-order valence-corrected chi connectivity index (χ2v) is 7.48. The van der Waals surface area contributed by atoms with Crippen molar-refractivity contribution < 1.29 is 23.6 Å². The fraction of sp³-hybridized carbons (Fsp3) is 0.364. The van der Waals surface area contributed by atoms with Gasteiger partial charge in [-0.1, -0.05) is 18.2 Å². The van der Waals surface area contributed by atoms with Gasteiger partial charge in [-0.2, -0.15) is 0 Å². The normalized spacial score (nSPS) is 14.2. The molecule has 1 fully saturated rings. The summed E-state index contributed by atoms with van der Waals surface area (Å²) in [6.07, 6.45) is 1.31. The predicted octanol–water partition coefficient (Wildman–Crippen LogP) is 3.01. The molecule has 0 unspecified atom stereocenters. The van der Waals surface area contributed by atoms with Gasteiger partial charge in [0.15, 0.2) is 0 Å². The number of amides is 2. The maximum atomic E-state index is 14.0. The van der Waals surface area contributed by atoms with E-state index in [1.807, 2.05) is 24.3 Å². The summed E-state index contributed by atoms with van der Waals surface area (Å²) in [6.45, 7) is 2.25. The number of hydrogen-bond donors (Lipinski definition) is 1. The summed E-state index contributed by atoms with van der Waals surface area (Å²) in [5.41, 5.74) is 0.184. The van der Waals surface area contributed by atoms with E-state index >= 15 is 0 Å². The smallest absolute Gasteiger partial charge is 0.276 e. The molecular formula is C22H24FN3O5. The number of para-hydroxylation sites is 1. The highest BCUT2D eigenvalue weighted by atomic mass is 19.1. The molecule has 0 bridgehead atoms. The van der Waals surface area contributed by atoms with Crippen molar-refractivity contribution in [2.45, 2.75) is 32.2 Å². The summed E-state index contributed by atoms with van der Waals surface area (Å²) >= 11 is 0. The van der Waals surface area contributed by atoms with Gasteiger partial charge in [0.05, 0.1) is 24.0 Å². The maximum Gasteiger partial charge on any atom is 0.276 e. The van der Waals surface area contributed by atoms with Crippen LogP contribution < -0.4 is 10.1 Å². The number of likely N-dealkylation sites (tertiary alicyclic amines) is 1. The van der Waals surface area contributed by atoms with Gasteiger partial charge < -0.3 is 15.0 Å². The van der Waals surface area contributed by atoms with Gasteiger partial charge in [-0.25, -0.2) is 4.39 Å². The molecule has 0 radical (unpaired) electrons. The lowest BCUT2D eigenvalue weighted by atomic mass is 10.0. The Morgan fingerprint density at radius 3 is 2.58 bits per heavy atom. The minimum atomic E-state index is -0.795. The van der Waals surface area contributed by atoms with Crippen LogP contribution in [0.4, 0.5) is 10.1 Å². The van der Waals surface area contributed by atoms with Crippen LogP contribution in [0.1, 0.15) is 34.3 Å². The molecule has 8 nitrogen and oxygen atoms in total. The number of nitrogens with one attached hydrogen (secondary N) is 1. The van der Waals surface area contributed by atoms with Crippen LogP contribution in [0.2, 0.25) is 0 Å². The predicted molar refractivity (Wildman–Crippen MR) is 112 cm³/mol. The molecule has 0 saturated carbocycles. The molecule has 1 saturated heterocycles. The second-order valence-electron chi connectivity index (χ2n) is 7.48. The monoisotopic (exact) mass is 429 g/mol. The Labute approximate surface area is 179 Å². The van der Waals surface area contributed by atoms with E-state index in [4.69, 9.17) is 4.74 Å². The number of hydrogen-bond acceptors (Lipinski definition) is 5. The Balaban J connectivity index is 1.57. The van der Waals surface area contributed by atoms with Crippen LogP contribution in [0.5, 0.6) is 5.75 Å². The van der Waals surface area contributed by atoms with E-state index in [2.05, 4.69) is 5.32 Å². The van der Waals surface area contributed by atoms with E-state index in [0.29, 0.717) is 31.7 Å². The molecule has 9 heteroatoms. The average Bonchev–Trinajstić information content (AvgIpc) is 2.76. The molecule has 1 heterocycles. The molecule has 31 heavy (non-hydrogen) atoms. The third kappa shape index (κ3) is 5.17. The van der Waals surface area contributed by atoms with Crippen molar-refractivity contribution >= 4 is 17.5 Å². The number of rotatable bonds is 6. The molecule has 2 aromatic rings. The number of nitrogens with zero attached hydrogens (tertiary/aromatic N) is 2. The molecular weight excluding hydrogens is 405 g/mol. The lowest BCUT2D eigenvalue weighted by molar-refractivity contribution is -0.385. The molecule has 2 amide bonds. The number of piperidine rings is 1. The first-order valence-electron chi connectivity index (χ1n) is 9.95. The van der Waals surface area contributed by atoms with Crippen LogP contribution in [0.15, 0.2) is 36.4 Å². The molecule has 0 spiro atoms. The van der Waals surface area contributed by atoms with Crippen LogP contribution in [0, 0.1) is 22.9 Å². The number of nitro groups is 1. The van der Waals surface area contributed by atoms with Crippen molar-refractivity contribution in [3.63, 3.8) is 0 Å². The lowest BCUT2D eigenvalue weighted by Crippen LogP contribution is -2.47. The first-order valence-corrected chi connectivity index (χ1v) is 9.95. The van der Waals surface area contributed by atoms with Crippen LogP contribution in [0.3, 0.4) is 0 Å². The molecule has 0 aliphatic carbocycles. The second kappa shape index (κ2) is 9.55. The third-order valence-electron chi connectivity index (χ3n) is 5.49. The summed E-state index contributed by atoms with van der Waals surface area (Å²) in [6, 6.07) is 9.24. The molecule has 1 aliphatic heterocycles. The highest BCUT2D eigenvalue weighted by Gasteiger charge is 2.26. The molecule has 2 aromatic carbocycles. The molecule has 0 atom stereocenters. The zero-order valence-electron chi connectivity index (χ0n) is 17.4. The number of carbonyl (C=O) groups excluding carboxylic acids is 2. The molecule has 1 N–H and O–H groups in total. The largest absolute Gasteiger partial charge is 0.496 e. The number of benzene rings is 2. The van der Waals surface area contributed by atoms with Crippen molar-refractivity contribution in [1.82, 2.24) is 10.2 Å². The van der Waals surface area contributed by atoms with Gasteiger partial charge in [0.25, 0.3) is 11.6 Å². The van der Waals surface area contributed by atoms with Gasteiger partial charge in [0.1, 0.15) is 11.6 Å². The van der Waals surface area contributed by atoms with Crippen molar-refractivity contribution in [2.75, 3.05) is 20.2 Å². The van der Waals surface area contributed by atoms with E-state index < -0.39 is 22.3 Å². The number of methoxy groups -OCH3 is 1. The Hall–Kier alpha value is -3.49. The number of ether oxygens (including phenoxy) is 1. The van der Waals surface area contributed by atoms with Crippen LogP contribution in [-0.4, -0.2) is 47.9 Å². The fourth-order valence-electron chi connectivity index (χ4n) is 3.65. The van der Waals surface area contributed by atoms with E-state index in [0.717, 1.165) is 17.7 Å². The lowest BCUT2D eigenvalue weighted by Gasteiger charge is -2.32. The average molecular weight is 429 g/mol. The van der Waals surface area contributed by atoms with Crippen molar-refractivity contribution in [2.24, 2.45) is 0 Å². The van der Waals surface area contributed by atoms with Crippen LogP contribution >= 0.6 is 0 Å². The number of nitro benzene ring substituents is 1. The van der Waals surface area contributed by atoms with Gasteiger partial charge in [0.2, 0.25) is 5.91 Å². The quantitative estimate of drug-likeness (QED) is 0.562. The summed E-state index contributed by atoms with van der Waals surface area (Å²) in [4.78, 5) is 37.2. The number of halogens is 1. The van der Waals surface area contributed by atoms with Gasteiger partial charge >= 0.3 is 0 Å². The zero-order chi connectivity index (χ0) is 22.5. The zero-order valence-corrected chi connectivity index (χ0v) is 17.4. The maximum absolute atomic E-state index is 14.0. The number of carbonyl (C=O) groups is 2. The molecule has 164 valence electrons. The van der Waals surface area contributed by atoms with Crippen LogP contribution in [-0.2, 0) is 11.2 Å². The van der Waals surface area contributed by atoms with Crippen molar-refractivity contribution in [1.29, 1.82) is 0 Å². The highest BCUT2D eigenvalue weighted by Crippen LogP contribution is 2.23. The fourth-order valence-corrected chi connectivity index (χ4v) is 3.65. The Kier molecular flexibility index (Phi) is 6.84. The van der Waals surface area contributed by atoms with Crippen molar-refractivity contribution in [3.8, 4) is 5.75 Å². The Bertz CT molecular complexity index is 1000. The van der Waals surface area contributed by atoms with E-state index in [-0.39, 0.29) is 29.5 Å². The van der Waals surface area contributed by atoms with Crippen molar-refractivity contribution in [3.05, 3.63) is 69.0 Å². The van der Waals surface area contributed by atoms with E-state index in [1.165, 1.54) is 6.92 Å². The Morgan fingerprint density at radius 1 is 1.26 bits per heavy atom. The first-order chi connectivity index (χ1) is 14.8. The third-order valence-corrected chi connectivity index (χ3v) is 5.49. The molecule has 1 aliphatic rings. The SMILES string of the molecule is COc1ccccc1CC(=O)N1CCC(NC(=O)c2cc(F)c(C)c([N+](=O)[O-])c2)CC1.